The summed E-state index contributed by atoms with van der Waals surface area (Å²) in [5, 5.41) is 0. The second-order valence-electron chi connectivity index (χ2n) is 7.39. The molecule has 146 valence electrons. The van der Waals surface area contributed by atoms with Gasteiger partial charge < -0.3 is 9.80 Å². The number of halogens is 3. The van der Waals surface area contributed by atoms with Crippen molar-refractivity contribution in [2.45, 2.75) is 19.0 Å². The molecule has 0 spiro atoms. The number of benzene rings is 2. The van der Waals surface area contributed by atoms with Gasteiger partial charge in [0.2, 0.25) is 11.8 Å². The third kappa shape index (κ3) is 3.37. The summed E-state index contributed by atoms with van der Waals surface area (Å²) in [6.45, 7) is -1.21. The van der Waals surface area contributed by atoms with Crippen LogP contribution in [-0.4, -0.2) is 43.0 Å². The predicted octanol–water partition coefficient (Wildman–Crippen LogP) is 3.63. The Labute approximate surface area is 160 Å². The van der Waals surface area contributed by atoms with Gasteiger partial charge in [0.25, 0.3) is 0 Å². The van der Waals surface area contributed by atoms with Crippen LogP contribution in [0.1, 0.15) is 17.5 Å². The van der Waals surface area contributed by atoms with Crippen LogP contribution in [-0.2, 0) is 16.0 Å². The van der Waals surface area contributed by atoms with E-state index in [9.17, 15) is 22.8 Å². The van der Waals surface area contributed by atoms with Gasteiger partial charge in [-0.25, -0.2) is 0 Å². The zero-order valence-electron chi connectivity index (χ0n) is 15.3. The normalized spacial score (nSPS) is 18.2. The molecule has 1 saturated heterocycles. The number of amides is 2. The summed E-state index contributed by atoms with van der Waals surface area (Å²) < 4.78 is 37.6. The first-order chi connectivity index (χ1) is 13.2. The van der Waals surface area contributed by atoms with E-state index in [4.69, 9.17) is 0 Å². The number of carbonyl (C=O) groups is 2. The number of alkyl halides is 3. The zero-order valence-corrected chi connectivity index (χ0v) is 15.3. The number of carbonyl (C=O) groups excluding carboxylic acids is 2. The van der Waals surface area contributed by atoms with Crippen molar-refractivity contribution < 1.29 is 22.8 Å². The molecule has 2 aromatic rings. The smallest absolute Gasteiger partial charge is 0.336 e. The van der Waals surface area contributed by atoms with Crippen LogP contribution in [0.5, 0.6) is 0 Å². The van der Waals surface area contributed by atoms with Gasteiger partial charge in [0.05, 0.1) is 5.92 Å². The second kappa shape index (κ2) is 6.65. The van der Waals surface area contributed by atoms with Crippen molar-refractivity contribution in [1.82, 2.24) is 4.90 Å². The number of fused-ring (bicyclic) bond motifs is 3. The van der Waals surface area contributed by atoms with Crippen LogP contribution in [0, 0.1) is 5.92 Å². The summed E-state index contributed by atoms with van der Waals surface area (Å²) >= 11 is 0. The van der Waals surface area contributed by atoms with E-state index in [-0.39, 0.29) is 18.9 Å². The number of hydrogen-bond donors (Lipinski definition) is 0. The van der Waals surface area contributed by atoms with E-state index in [0.717, 1.165) is 24.6 Å². The minimum Gasteiger partial charge on any atom is -0.336 e. The van der Waals surface area contributed by atoms with E-state index in [1.165, 1.54) is 16.0 Å². The number of nitrogens with zero attached hydrogens (tertiary/aromatic N) is 2. The van der Waals surface area contributed by atoms with Gasteiger partial charge in [-0.2, -0.15) is 13.2 Å². The lowest BCUT2D eigenvalue weighted by molar-refractivity contribution is -0.160. The van der Waals surface area contributed by atoms with Crippen LogP contribution in [0.2, 0.25) is 0 Å². The van der Waals surface area contributed by atoms with Gasteiger partial charge in [-0.05, 0) is 40.8 Å². The summed E-state index contributed by atoms with van der Waals surface area (Å²) in [4.78, 5) is 26.9. The number of anilines is 1. The van der Waals surface area contributed by atoms with Crippen molar-refractivity contribution in [3.05, 3.63) is 53.6 Å². The topological polar surface area (TPSA) is 40.6 Å². The SMILES string of the molecule is CN(CC(F)(F)F)C(=O)[C@H]1CC(=O)N(c2ccc3c(c2)Cc2ccccc2-3)C1. The second-order valence-corrected chi connectivity index (χ2v) is 7.39. The molecular weight excluding hydrogens is 369 g/mol. The number of rotatable bonds is 3. The highest BCUT2D eigenvalue weighted by atomic mass is 19.4. The molecule has 0 aromatic heterocycles. The van der Waals surface area contributed by atoms with E-state index >= 15 is 0 Å². The monoisotopic (exact) mass is 388 g/mol. The Kier molecular flexibility index (Phi) is 4.40. The quantitative estimate of drug-likeness (QED) is 0.688. The first-order valence-corrected chi connectivity index (χ1v) is 9.06. The molecule has 1 aliphatic heterocycles. The Hall–Kier alpha value is -2.83. The summed E-state index contributed by atoms with van der Waals surface area (Å²) in [5.74, 6) is -1.65. The highest BCUT2D eigenvalue weighted by Gasteiger charge is 2.39. The van der Waals surface area contributed by atoms with Crippen molar-refractivity contribution in [3.63, 3.8) is 0 Å². The molecule has 28 heavy (non-hydrogen) atoms. The highest BCUT2D eigenvalue weighted by Crippen LogP contribution is 2.39. The van der Waals surface area contributed by atoms with Crippen molar-refractivity contribution in [2.75, 3.05) is 25.0 Å². The lowest BCUT2D eigenvalue weighted by Gasteiger charge is -2.22. The molecule has 1 atom stereocenters. The Balaban J connectivity index is 1.51. The average Bonchev–Trinajstić information content (AvgIpc) is 3.19. The van der Waals surface area contributed by atoms with Gasteiger partial charge in [0.1, 0.15) is 6.54 Å². The molecule has 2 aromatic carbocycles. The molecule has 1 heterocycles. The summed E-state index contributed by atoms with van der Waals surface area (Å²) in [7, 11) is 1.12. The van der Waals surface area contributed by atoms with E-state index in [1.807, 2.05) is 30.3 Å². The Morgan fingerprint density at radius 3 is 2.61 bits per heavy atom. The predicted molar refractivity (Wildman–Crippen MR) is 98.8 cm³/mol. The molecule has 0 saturated carbocycles. The Morgan fingerprint density at radius 2 is 1.86 bits per heavy atom. The summed E-state index contributed by atoms with van der Waals surface area (Å²) in [6.07, 6.45) is -3.75. The average molecular weight is 388 g/mol. The standard InChI is InChI=1S/C21H19F3N2O2/c1-25(12-21(22,23)24)20(28)15-10-19(27)26(11-15)16-6-7-18-14(9-16)8-13-4-2-3-5-17(13)18/h2-7,9,15H,8,10-12H2,1H3/t15-/m0/s1. The summed E-state index contributed by atoms with van der Waals surface area (Å²) in [5.41, 5.74) is 5.33. The van der Waals surface area contributed by atoms with Crippen LogP contribution >= 0.6 is 0 Å². The van der Waals surface area contributed by atoms with E-state index in [1.54, 1.807) is 0 Å². The van der Waals surface area contributed by atoms with Crippen LogP contribution in [0.4, 0.5) is 18.9 Å². The van der Waals surface area contributed by atoms with Crippen molar-refractivity contribution in [3.8, 4) is 11.1 Å². The highest BCUT2D eigenvalue weighted by molar-refractivity contribution is 6.00. The lowest BCUT2D eigenvalue weighted by Crippen LogP contribution is -2.40. The fourth-order valence-electron chi connectivity index (χ4n) is 4.08. The largest absolute Gasteiger partial charge is 0.406 e. The molecule has 2 aliphatic rings. The number of hydrogen-bond acceptors (Lipinski definition) is 2. The van der Waals surface area contributed by atoms with Gasteiger partial charge in [0.15, 0.2) is 0 Å². The van der Waals surface area contributed by atoms with Crippen LogP contribution < -0.4 is 4.90 Å². The Bertz CT molecular complexity index is 955. The third-order valence-electron chi connectivity index (χ3n) is 5.36. The first-order valence-electron chi connectivity index (χ1n) is 9.06. The minimum absolute atomic E-state index is 0.0711. The molecule has 0 bridgehead atoms. The minimum atomic E-state index is -4.46. The van der Waals surface area contributed by atoms with E-state index < -0.39 is 24.5 Å². The van der Waals surface area contributed by atoms with Crippen LogP contribution in [0.3, 0.4) is 0 Å². The fraction of sp³-hybridized carbons (Fsp3) is 0.333. The molecule has 0 radical (unpaired) electrons. The molecule has 0 N–H and O–H groups in total. The van der Waals surface area contributed by atoms with Crippen LogP contribution in [0.25, 0.3) is 11.1 Å². The van der Waals surface area contributed by atoms with Gasteiger partial charge in [-0.15, -0.1) is 0 Å². The van der Waals surface area contributed by atoms with Crippen molar-refractivity contribution in [2.24, 2.45) is 5.92 Å². The van der Waals surface area contributed by atoms with Gasteiger partial charge in [-0.1, -0.05) is 30.3 Å². The molecule has 7 heteroatoms. The van der Waals surface area contributed by atoms with Crippen molar-refractivity contribution >= 4 is 17.5 Å². The van der Waals surface area contributed by atoms with E-state index in [2.05, 4.69) is 12.1 Å². The summed E-state index contributed by atoms with van der Waals surface area (Å²) in [6, 6.07) is 13.9. The molecule has 0 unspecified atom stereocenters. The lowest BCUT2D eigenvalue weighted by atomic mass is 10.1. The molecule has 1 fully saturated rings. The molecule has 1 aliphatic carbocycles. The fourth-order valence-corrected chi connectivity index (χ4v) is 4.08. The zero-order chi connectivity index (χ0) is 20.1. The van der Waals surface area contributed by atoms with E-state index in [0.29, 0.717) is 10.6 Å². The van der Waals surface area contributed by atoms with Crippen LogP contribution in [0.15, 0.2) is 42.5 Å². The first kappa shape index (κ1) is 18.5. The van der Waals surface area contributed by atoms with Crippen molar-refractivity contribution in [1.29, 1.82) is 0 Å². The maximum atomic E-state index is 12.5. The Morgan fingerprint density at radius 1 is 1.14 bits per heavy atom. The molecule has 4 nitrogen and oxygen atoms in total. The molecular formula is C21H19F3N2O2. The third-order valence-corrected chi connectivity index (χ3v) is 5.36. The molecule has 4 rings (SSSR count). The van der Waals surface area contributed by atoms with Gasteiger partial charge in [0, 0.05) is 25.7 Å². The maximum absolute atomic E-state index is 12.5. The maximum Gasteiger partial charge on any atom is 0.406 e. The van der Waals surface area contributed by atoms with Gasteiger partial charge in [-0.3, -0.25) is 9.59 Å². The molecule has 2 amide bonds. The van der Waals surface area contributed by atoms with Gasteiger partial charge >= 0.3 is 6.18 Å².